The number of para-hydroxylation sites is 1. The average molecular weight is 250 g/mol. The Hall–Kier alpha value is -1.63. The fraction of sp³-hybridized carbons (Fsp3) is 0.300. The highest BCUT2D eigenvalue weighted by Gasteiger charge is 2.47. The van der Waals surface area contributed by atoms with E-state index in [1.54, 1.807) is 30.3 Å². The fourth-order valence-corrected chi connectivity index (χ4v) is 1.16. The van der Waals surface area contributed by atoms with Gasteiger partial charge in [-0.3, -0.25) is 5.43 Å². The largest absolute Gasteiger partial charge is 0.450 e. The number of quaternary nitrogens is 1. The van der Waals surface area contributed by atoms with Gasteiger partial charge in [-0.1, -0.05) is 18.2 Å². The van der Waals surface area contributed by atoms with Gasteiger partial charge in [-0.25, -0.2) is 0 Å². The van der Waals surface area contributed by atoms with E-state index in [2.05, 4.69) is 10.5 Å². The monoisotopic (exact) mass is 250 g/mol. The summed E-state index contributed by atoms with van der Waals surface area (Å²) in [6.45, 7) is 0. The smallest absolute Gasteiger partial charge is 0.331 e. The number of nitrogens with one attached hydrogen (secondary N) is 1. The maximum absolute atomic E-state index is 13.2. The summed E-state index contributed by atoms with van der Waals surface area (Å²) in [5.41, 5.74) is 2.64. The van der Waals surface area contributed by atoms with Crippen molar-refractivity contribution in [2.24, 2.45) is 5.10 Å². The van der Waals surface area contributed by atoms with Crippen LogP contribution in [0.25, 0.3) is 0 Å². The molecule has 7 heteroatoms. The number of hydrazone groups is 1. The summed E-state index contributed by atoms with van der Waals surface area (Å²) >= 11 is 0. The van der Waals surface area contributed by atoms with Gasteiger partial charge in [0.05, 0.1) is 12.7 Å². The van der Waals surface area contributed by atoms with E-state index in [4.69, 9.17) is 0 Å². The lowest BCUT2D eigenvalue weighted by molar-refractivity contribution is -0.673. The maximum atomic E-state index is 13.2. The van der Waals surface area contributed by atoms with E-state index in [0.717, 1.165) is 7.05 Å². The summed E-state index contributed by atoms with van der Waals surface area (Å²) in [7, 11) is 1.13. The molecule has 0 bridgehead atoms. The predicted octanol–water partition coefficient (Wildman–Crippen LogP) is 1.51. The highest BCUT2D eigenvalue weighted by Crippen LogP contribution is 2.19. The van der Waals surface area contributed by atoms with Crippen LogP contribution in [0.2, 0.25) is 0 Å². The number of hydrogen-bond acceptors (Lipinski definition) is 2. The summed E-state index contributed by atoms with van der Waals surface area (Å²) < 4.78 is 50.1. The number of nitrogens with zero attached hydrogens (tertiary/aromatic N) is 1. The Labute approximate surface area is 95.5 Å². The van der Waals surface area contributed by atoms with Crippen LogP contribution in [-0.4, -0.2) is 25.2 Å². The Kier molecular flexibility index (Phi) is 4.45. The van der Waals surface area contributed by atoms with Gasteiger partial charge in [-0.2, -0.15) is 17.6 Å². The topological polar surface area (TPSA) is 41.0 Å². The molecule has 0 aliphatic heterocycles. The second-order valence-electron chi connectivity index (χ2n) is 3.26. The second-order valence-corrected chi connectivity index (χ2v) is 3.26. The molecule has 3 nitrogen and oxygen atoms in total. The number of rotatable bonds is 4. The lowest BCUT2D eigenvalue weighted by atomic mass is 10.3. The van der Waals surface area contributed by atoms with Crippen LogP contribution in [0.15, 0.2) is 35.4 Å². The van der Waals surface area contributed by atoms with Crippen LogP contribution in [-0.2, 0) is 0 Å². The third kappa shape index (κ3) is 4.03. The Morgan fingerprint density at radius 3 is 2.35 bits per heavy atom. The van der Waals surface area contributed by atoms with Crippen molar-refractivity contribution in [3.05, 3.63) is 30.3 Å². The zero-order valence-corrected chi connectivity index (χ0v) is 9.00. The van der Waals surface area contributed by atoms with Crippen LogP contribution in [0.4, 0.5) is 23.2 Å². The van der Waals surface area contributed by atoms with Crippen molar-refractivity contribution >= 4 is 11.7 Å². The quantitative estimate of drug-likeness (QED) is 0.474. The highest BCUT2D eigenvalue weighted by atomic mass is 19.4. The minimum Gasteiger partial charge on any atom is -0.331 e. The normalized spacial score (nSPS) is 14.5. The molecule has 0 heterocycles. The zero-order chi connectivity index (χ0) is 12.9. The molecule has 0 aliphatic rings. The molecular weight excluding hydrogens is 238 g/mol. The molecule has 0 spiro atoms. The van der Waals surface area contributed by atoms with Crippen LogP contribution in [0.1, 0.15) is 0 Å². The van der Waals surface area contributed by atoms with Crippen molar-refractivity contribution in [3.8, 4) is 0 Å². The maximum Gasteiger partial charge on any atom is 0.450 e. The van der Waals surface area contributed by atoms with E-state index >= 15 is 0 Å². The van der Waals surface area contributed by atoms with Gasteiger partial charge in [0.2, 0.25) is 0 Å². The first kappa shape index (κ1) is 13.4. The Morgan fingerprint density at radius 2 is 1.88 bits per heavy atom. The van der Waals surface area contributed by atoms with Crippen LogP contribution in [0.5, 0.6) is 0 Å². The van der Waals surface area contributed by atoms with Crippen molar-refractivity contribution in [2.75, 3.05) is 12.5 Å². The first-order valence-electron chi connectivity index (χ1n) is 4.85. The summed E-state index contributed by atoms with van der Waals surface area (Å²) in [5.74, 6) is -1.51. The van der Waals surface area contributed by atoms with Crippen LogP contribution in [0, 0.1) is 0 Å². The van der Waals surface area contributed by atoms with E-state index in [1.165, 1.54) is 0 Å². The number of alkyl halides is 3. The number of benzene rings is 1. The summed E-state index contributed by atoms with van der Waals surface area (Å²) in [5, 5.41) is 3.79. The molecule has 0 amide bonds. The summed E-state index contributed by atoms with van der Waals surface area (Å²) in [6.07, 6.45) is -4.67. The van der Waals surface area contributed by atoms with Crippen molar-refractivity contribution in [2.45, 2.75) is 12.2 Å². The second kappa shape index (κ2) is 5.62. The minimum absolute atomic E-state index is 0.416. The molecule has 1 rings (SSSR count). The highest BCUT2D eigenvalue weighted by molar-refractivity contribution is 5.80. The Bertz CT molecular complexity index is 375. The fourth-order valence-electron chi connectivity index (χ4n) is 1.16. The predicted molar refractivity (Wildman–Crippen MR) is 56.3 cm³/mol. The Balaban J connectivity index is 2.72. The first-order valence-corrected chi connectivity index (χ1v) is 4.85. The first-order chi connectivity index (χ1) is 7.95. The van der Waals surface area contributed by atoms with E-state index < -0.39 is 18.2 Å². The van der Waals surface area contributed by atoms with Crippen LogP contribution >= 0.6 is 0 Å². The van der Waals surface area contributed by atoms with E-state index in [0.29, 0.717) is 11.0 Å². The van der Waals surface area contributed by atoms with E-state index in [9.17, 15) is 17.6 Å². The van der Waals surface area contributed by atoms with Gasteiger partial charge in [0, 0.05) is 0 Å². The molecule has 0 aromatic heterocycles. The van der Waals surface area contributed by atoms with Gasteiger partial charge in [-0.15, -0.1) is 5.10 Å². The van der Waals surface area contributed by atoms with Gasteiger partial charge in [-0.05, 0) is 12.1 Å². The van der Waals surface area contributed by atoms with E-state index in [-0.39, 0.29) is 0 Å². The van der Waals surface area contributed by atoms with Gasteiger partial charge in [0.25, 0.3) is 12.0 Å². The number of anilines is 1. The average Bonchev–Trinajstić information content (AvgIpc) is 2.27. The Morgan fingerprint density at radius 1 is 1.29 bits per heavy atom. The van der Waals surface area contributed by atoms with Crippen molar-refractivity contribution in [1.29, 1.82) is 0 Å². The minimum atomic E-state index is -4.67. The molecule has 0 unspecified atom stereocenters. The molecule has 0 fully saturated rings. The summed E-state index contributed by atoms with van der Waals surface area (Å²) in [4.78, 5) is 0. The molecule has 17 heavy (non-hydrogen) atoms. The molecule has 1 aromatic rings. The summed E-state index contributed by atoms with van der Waals surface area (Å²) in [6, 6.07) is 5.89. The lowest BCUT2D eigenvalue weighted by Crippen LogP contribution is -2.91. The van der Waals surface area contributed by atoms with Crippen LogP contribution in [0.3, 0.4) is 0 Å². The van der Waals surface area contributed by atoms with Crippen LogP contribution < -0.4 is 10.7 Å². The number of halogens is 4. The standard InChI is InChI=1S/C10H11F4N3/c1-15-8(10(12,13)14)9(11)17-16-7-5-3-2-4-6-7/h2-6,8,15-16H,1H3/p+1/b17-9+/t8-/m1/s1. The molecule has 0 saturated carbocycles. The lowest BCUT2D eigenvalue weighted by Gasteiger charge is -2.13. The third-order valence-corrected chi connectivity index (χ3v) is 2.01. The zero-order valence-electron chi connectivity index (χ0n) is 9.00. The van der Waals surface area contributed by atoms with Gasteiger partial charge >= 0.3 is 6.18 Å². The SMILES string of the molecule is C[NH2+][C@H](/C(F)=N\Nc1ccccc1)C(F)(F)F. The molecule has 1 atom stereocenters. The van der Waals surface area contributed by atoms with Gasteiger partial charge in [0.15, 0.2) is 0 Å². The van der Waals surface area contributed by atoms with Crippen molar-refractivity contribution in [3.63, 3.8) is 0 Å². The van der Waals surface area contributed by atoms with Crippen molar-refractivity contribution in [1.82, 2.24) is 0 Å². The molecule has 1 aromatic carbocycles. The molecule has 0 radical (unpaired) electrons. The van der Waals surface area contributed by atoms with Gasteiger partial charge < -0.3 is 5.32 Å². The number of hydrogen-bond donors (Lipinski definition) is 2. The molecule has 0 aliphatic carbocycles. The third-order valence-electron chi connectivity index (χ3n) is 2.01. The molecular formula is C10H12F4N3+. The molecule has 3 N–H and O–H groups in total. The van der Waals surface area contributed by atoms with Gasteiger partial charge in [0.1, 0.15) is 0 Å². The van der Waals surface area contributed by atoms with Crippen molar-refractivity contribution < 1.29 is 22.9 Å². The van der Waals surface area contributed by atoms with E-state index in [1.807, 2.05) is 0 Å². The number of nitrogens with two attached hydrogens (primary N) is 1. The molecule has 0 saturated heterocycles. The molecule has 94 valence electrons.